The van der Waals surface area contributed by atoms with Gasteiger partial charge in [0.2, 0.25) is 0 Å². The lowest BCUT2D eigenvalue weighted by Crippen LogP contribution is -2.65. The van der Waals surface area contributed by atoms with Crippen LogP contribution in [0.2, 0.25) is 0 Å². The fraction of sp³-hybridized carbons (Fsp3) is 0.909. The zero-order valence-corrected chi connectivity index (χ0v) is 13.7. The van der Waals surface area contributed by atoms with Gasteiger partial charge in [0.15, 0.2) is 0 Å². The molecule has 0 amide bonds. The highest BCUT2D eigenvalue weighted by Crippen LogP contribution is 2.55. The fourth-order valence-corrected chi connectivity index (χ4v) is 1.69. The molecule has 5 nitrogen and oxygen atoms in total. The summed E-state index contributed by atoms with van der Waals surface area (Å²) in [5.74, 6) is -13.7. The maximum Gasteiger partial charge on any atom is 0.508 e. The van der Waals surface area contributed by atoms with Crippen LogP contribution in [-0.2, 0) is 18.9 Å². The second-order valence-corrected chi connectivity index (χ2v) is 5.55. The number of ether oxygens (including phenoxy) is 4. The van der Waals surface area contributed by atoms with Gasteiger partial charge in [-0.15, -0.1) is 0 Å². The Bertz CT molecular complexity index is 671. The zero-order valence-electron chi connectivity index (χ0n) is 13.7. The second kappa shape index (κ2) is 7.62. The Labute approximate surface area is 158 Å². The van der Waals surface area contributed by atoms with E-state index < -0.39 is 67.7 Å². The third-order valence-corrected chi connectivity index (χ3v) is 3.15. The monoisotopic (exact) mass is 502 g/mol. The van der Waals surface area contributed by atoms with E-state index in [-0.39, 0.29) is 0 Å². The number of cyclic esters (lactones) is 2. The lowest BCUT2D eigenvalue weighted by Gasteiger charge is -2.38. The van der Waals surface area contributed by atoms with Crippen LogP contribution in [-0.4, -0.2) is 61.3 Å². The molecular formula is C11H5F15O5. The molecular weight excluding hydrogens is 497 g/mol. The van der Waals surface area contributed by atoms with E-state index in [9.17, 15) is 70.7 Å². The summed E-state index contributed by atoms with van der Waals surface area (Å²) in [6.07, 6.45) is -43.3. The predicted molar refractivity (Wildman–Crippen MR) is 58.7 cm³/mol. The first-order valence-electron chi connectivity index (χ1n) is 6.96. The second-order valence-electron chi connectivity index (χ2n) is 5.55. The Balaban J connectivity index is 3.27. The van der Waals surface area contributed by atoms with Crippen molar-refractivity contribution in [2.75, 3.05) is 6.61 Å². The van der Waals surface area contributed by atoms with E-state index in [0.717, 1.165) is 0 Å². The summed E-state index contributed by atoms with van der Waals surface area (Å²) in [6.45, 7) is -1.18. The largest absolute Gasteiger partial charge is 0.508 e. The maximum absolute atomic E-state index is 13.6. The molecule has 1 heterocycles. The smallest absolute Gasteiger partial charge is 0.430 e. The van der Waals surface area contributed by atoms with E-state index in [2.05, 4.69) is 9.47 Å². The molecule has 0 aromatic carbocycles. The highest BCUT2D eigenvalue weighted by atomic mass is 19.4. The van der Waals surface area contributed by atoms with Gasteiger partial charge in [-0.05, 0) is 0 Å². The minimum Gasteiger partial charge on any atom is -0.430 e. The summed E-state index contributed by atoms with van der Waals surface area (Å²) >= 11 is 0. The standard InChI is InChI=1S/C11H5F15O5/c12-5(13,1-3-2-28-4(27)29-3)9(21,22)31-10(23,24)6(14,7(15,16)17)30-11(25,26)8(18,19)20/h3H,1-2H2. The van der Waals surface area contributed by atoms with Gasteiger partial charge in [0.1, 0.15) is 12.7 Å². The Morgan fingerprint density at radius 3 is 1.55 bits per heavy atom. The number of halogens is 15. The Hall–Kier alpha value is -1.86. The normalized spacial score (nSPS) is 21.5. The molecule has 20 heteroatoms. The molecule has 0 aromatic heterocycles. The van der Waals surface area contributed by atoms with E-state index in [1.165, 1.54) is 4.74 Å². The van der Waals surface area contributed by atoms with Gasteiger partial charge in [0, 0.05) is 0 Å². The van der Waals surface area contributed by atoms with Crippen LogP contribution in [0.1, 0.15) is 6.42 Å². The molecule has 184 valence electrons. The van der Waals surface area contributed by atoms with E-state index in [1.807, 2.05) is 0 Å². The van der Waals surface area contributed by atoms with Gasteiger partial charge in [-0.3, -0.25) is 4.74 Å². The third-order valence-electron chi connectivity index (χ3n) is 3.15. The summed E-state index contributed by atoms with van der Waals surface area (Å²) in [7, 11) is 0. The first kappa shape index (κ1) is 27.2. The van der Waals surface area contributed by atoms with E-state index in [0.29, 0.717) is 0 Å². The Morgan fingerprint density at radius 1 is 0.710 bits per heavy atom. The highest BCUT2D eigenvalue weighted by molar-refractivity contribution is 5.61. The minimum absolute atomic E-state index is 1.18. The topological polar surface area (TPSA) is 54.0 Å². The van der Waals surface area contributed by atoms with Gasteiger partial charge in [-0.2, -0.15) is 65.9 Å². The number of rotatable bonds is 8. The molecule has 1 saturated heterocycles. The van der Waals surface area contributed by atoms with Crippen molar-refractivity contribution in [1.82, 2.24) is 0 Å². The summed E-state index contributed by atoms with van der Waals surface area (Å²) in [5.41, 5.74) is 0. The van der Waals surface area contributed by atoms with Gasteiger partial charge in [0.05, 0.1) is 6.42 Å². The van der Waals surface area contributed by atoms with Crippen molar-refractivity contribution in [3.63, 3.8) is 0 Å². The molecule has 2 atom stereocenters. The third kappa shape index (κ3) is 5.32. The van der Waals surface area contributed by atoms with Crippen LogP contribution in [0.25, 0.3) is 0 Å². The SMILES string of the molecule is O=C1OCC(CC(F)(F)C(F)(F)OC(F)(F)C(F)(OC(F)(F)C(F)(F)F)C(F)(F)F)O1. The highest BCUT2D eigenvalue weighted by Gasteiger charge is 2.82. The zero-order chi connectivity index (χ0) is 24.9. The van der Waals surface area contributed by atoms with Crippen LogP contribution in [0.15, 0.2) is 0 Å². The van der Waals surface area contributed by atoms with Crippen molar-refractivity contribution in [3.8, 4) is 0 Å². The van der Waals surface area contributed by atoms with E-state index in [4.69, 9.17) is 0 Å². The van der Waals surface area contributed by atoms with E-state index >= 15 is 0 Å². The molecule has 2 unspecified atom stereocenters. The van der Waals surface area contributed by atoms with Crippen molar-refractivity contribution in [1.29, 1.82) is 0 Å². The number of alkyl halides is 15. The fourth-order valence-electron chi connectivity index (χ4n) is 1.69. The first-order valence-corrected chi connectivity index (χ1v) is 6.96. The van der Waals surface area contributed by atoms with Crippen LogP contribution in [0, 0.1) is 0 Å². The average molecular weight is 502 g/mol. The molecule has 0 aromatic rings. The van der Waals surface area contributed by atoms with Crippen molar-refractivity contribution in [3.05, 3.63) is 0 Å². The van der Waals surface area contributed by atoms with Gasteiger partial charge in [-0.1, -0.05) is 0 Å². The predicted octanol–water partition coefficient (Wildman–Crippen LogP) is 5.15. The molecule has 0 saturated carbocycles. The number of carbonyl (C=O) groups excluding carboxylic acids is 1. The average Bonchev–Trinajstić information content (AvgIpc) is 2.87. The van der Waals surface area contributed by atoms with Crippen LogP contribution in [0.3, 0.4) is 0 Å². The van der Waals surface area contributed by atoms with Crippen molar-refractivity contribution >= 4 is 6.16 Å². The molecule has 0 bridgehead atoms. The number of hydrogen-bond donors (Lipinski definition) is 0. The lowest BCUT2D eigenvalue weighted by molar-refractivity contribution is -0.555. The molecule has 0 aliphatic carbocycles. The summed E-state index contributed by atoms with van der Waals surface area (Å²) in [4.78, 5) is 10.5. The van der Waals surface area contributed by atoms with Crippen LogP contribution >= 0.6 is 0 Å². The van der Waals surface area contributed by atoms with Crippen LogP contribution in [0.4, 0.5) is 70.7 Å². The summed E-state index contributed by atoms with van der Waals surface area (Å²) < 4.78 is 204. The molecule has 0 N–H and O–H groups in total. The molecule has 31 heavy (non-hydrogen) atoms. The van der Waals surface area contributed by atoms with Crippen LogP contribution < -0.4 is 0 Å². The minimum atomic E-state index is -7.71. The summed E-state index contributed by atoms with van der Waals surface area (Å²) in [5, 5.41) is 0. The molecule has 1 rings (SSSR count). The quantitative estimate of drug-likeness (QED) is 0.340. The van der Waals surface area contributed by atoms with Crippen molar-refractivity contribution in [2.24, 2.45) is 0 Å². The molecule has 0 radical (unpaired) electrons. The number of carbonyl (C=O) groups is 1. The van der Waals surface area contributed by atoms with Crippen molar-refractivity contribution < 1.29 is 89.6 Å². The maximum atomic E-state index is 13.6. The molecule has 1 aliphatic rings. The van der Waals surface area contributed by atoms with Crippen molar-refractivity contribution in [2.45, 2.75) is 55.0 Å². The summed E-state index contributed by atoms with van der Waals surface area (Å²) in [6, 6.07) is 0. The van der Waals surface area contributed by atoms with Gasteiger partial charge < -0.3 is 9.47 Å². The first-order chi connectivity index (χ1) is 13.4. The number of hydrogen-bond acceptors (Lipinski definition) is 5. The van der Waals surface area contributed by atoms with Gasteiger partial charge in [0.25, 0.3) is 0 Å². The molecule has 1 fully saturated rings. The van der Waals surface area contributed by atoms with Crippen LogP contribution in [0.5, 0.6) is 0 Å². The molecule has 1 aliphatic heterocycles. The Kier molecular flexibility index (Phi) is 6.68. The lowest BCUT2D eigenvalue weighted by atomic mass is 10.1. The van der Waals surface area contributed by atoms with E-state index in [1.54, 1.807) is 4.74 Å². The van der Waals surface area contributed by atoms with Gasteiger partial charge in [-0.25, -0.2) is 9.53 Å². The molecule has 0 spiro atoms. The van der Waals surface area contributed by atoms with Gasteiger partial charge >= 0.3 is 48.6 Å². The Morgan fingerprint density at radius 2 is 1.19 bits per heavy atom.